The normalized spacial score (nSPS) is 13.3. The number of esters is 1. The zero-order valence-corrected chi connectivity index (χ0v) is 41.0. The number of nitrogens with one attached hydrogen (secondary N) is 1. The molecule has 2 atom stereocenters. The molecule has 69 heavy (non-hydrogen) atoms. The largest absolute Gasteiger partial charge is 0.467 e. The molecule has 2 N–H and O–H groups in total. The van der Waals surface area contributed by atoms with Gasteiger partial charge in [0, 0.05) is 35.3 Å². The predicted molar refractivity (Wildman–Crippen MR) is 262 cm³/mol. The van der Waals surface area contributed by atoms with E-state index >= 15 is 0 Å². The Kier molecular flexibility index (Phi) is 15.3. The molecule has 0 saturated carbocycles. The second-order valence-corrected chi connectivity index (χ2v) is 22.8. The first kappa shape index (κ1) is 50.3. The minimum Gasteiger partial charge on any atom is -0.467 e. The summed E-state index contributed by atoms with van der Waals surface area (Å²) in [5, 5.41) is 4.34. The molecule has 0 aliphatic heterocycles. The first-order chi connectivity index (χ1) is 32.8. The number of alkyl carbamates (subject to hydrolysis) is 1. The molecule has 0 aliphatic carbocycles. The van der Waals surface area contributed by atoms with Crippen LogP contribution in [0.4, 0.5) is 18.0 Å². The van der Waals surface area contributed by atoms with Crippen LogP contribution in [0.2, 0.25) is 5.04 Å². The lowest BCUT2D eigenvalue weighted by atomic mass is 9.78. The molecule has 15 heteroatoms. The van der Waals surface area contributed by atoms with Crippen LogP contribution in [-0.4, -0.2) is 66.1 Å². The lowest BCUT2D eigenvalue weighted by molar-refractivity contribution is -0.143. The maximum absolute atomic E-state index is 14.8. The maximum atomic E-state index is 14.8. The number of fused-ring (bicyclic) bond motifs is 1. The summed E-state index contributed by atoms with van der Waals surface area (Å²) in [7, 11) is -0.648. The van der Waals surface area contributed by atoms with Crippen LogP contribution >= 0.6 is 0 Å². The number of benzene rings is 4. The first-order valence-corrected chi connectivity index (χ1v) is 24.8. The molecule has 0 saturated heterocycles. The summed E-state index contributed by atoms with van der Waals surface area (Å²) in [5.41, 5.74) is 3.59. The lowest BCUT2D eigenvalue weighted by Gasteiger charge is -2.43. The molecule has 0 unspecified atom stereocenters. The third kappa shape index (κ3) is 11.5. The fourth-order valence-corrected chi connectivity index (χ4v) is 12.9. The number of carbonyl (C=O) groups is 2. The van der Waals surface area contributed by atoms with Crippen LogP contribution in [0, 0.1) is 5.41 Å². The van der Waals surface area contributed by atoms with E-state index in [-0.39, 0.29) is 18.9 Å². The summed E-state index contributed by atoms with van der Waals surface area (Å²) in [6.07, 6.45) is -1.55. The number of hydrogen-bond donors (Lipinski definition) is 2. The second kappa shape index (κ2) is 21.0. The highest BCUT2D eigenvalue weighted by molar-refractivity contribution is 6.98. The van der Waals surface area contributed by atoms with Gasteiger partial charge in [0.2, 0.25) is 0 Å². The number of pyridine rings is 1. The number of alkyl halides is 3. The Bertz CT molecular complexity index is 2810. The van der Waals surface area contributed by atoms with Gasteiger partial charge >= 0.3 is 18.2 Å². The Labute approximate surface area is 401 Å². The number of oxazole rings is 1. The van der Waals surface area contributed by atoms with Gasteiger partial charge in [-0.1, -0.05) is 125 Å². The van der Waals surface area contributed by atoms with Crippen LogP contribution in [0.3, 0.4) is 0 Å². The average Bonchev–Trinajstić information content (AvgIpc) is 3.93. The molecule has 3 heterocycles. The van der Waals surface area contributed by atoms with Crippen molar-refractivity contribution in [1.29, 1.82) is 0 Å². The van der Waals surface area contributed by atoms with Gasteiger partial charge in [0.15, 0.2) is 5.89 Å². The summed E-state index contributed by atoms with van der Waals surface area (Å²) in [5.74, 6) is -0.641. The minimum absolute atomic E-state index is 0.0172. The van der Waals surface area contributed by atoms with Crippen molar-refractivity contribution in [1.82, 2.24) is 19.9 Å². The SMILES string of the molecule is COC(=O)[C@H](Cc1nc(-c2ccc3c(c2)c(CC(C)(C)CCC(C)(C)[Si](O)(c2ccccc2)c2ccccc2)c(-c2cccnc2[C@H](C)OC)n3CC(F)(F)F)co1)NC(=O)OCc1ccccc1. The topological polar surface area (TPSA) is 138 Å². The Morgan fingerprint density at radius 2 is 1.49 bits per heavy atom. The molecule has 7 aromatic rings. The lowest BCUT2D eigenvalue weighted by Crippen LogP contribution is -2.65. The maximum Gasteiger partial charge on any atom is 0.408 e. The number of carbonyl (C=O) groups excluding carboxylic acids is 2. The Morgan fingerprint density at radius 1 is 0.855 bits per heavy atom. The van der Waals surface area contributed by atoms with Crippen LogP contribution in [0.1, 0.15) is 76.3 Å². The van der Waals surface area contributed by atoms with Gasteiger partial charge in [0.05, 0.1) is 31.0 Å². The van der Waals surface area contributed by atoms with Gasteiger partial charge < -0.3 is 33.3 Å². The standard InChI is InChI=1S/C54H59F3N4O7Si/c1-36(65-6)48-41(24-17-29-58-48)49-43(32-52(2,3)27-28-53(4,5)69(64,39-20-13-9-14-21-39)40-22-15-10-16-23-40)42-30-38(25-26-46(42)61(49)35-54(55,56)57)45-34-67-47(59-45)31-44(50(62)66-7)60-51(63)68-33-37-18-11-8-12-19-37/h8-26,29-30,34,36,44,64H,27-28,31-33,35H2,1-7H3,(H,60,63)/t36-,44-/m0/s1. The van der Waals surface area contributed by atoms with Crippen LogP contribution in [0.15, 0.2) is 138 Å². The van der Waals surface area contributed by atoms with E-state index in [1.165, 1.54) is 25.0 Å². The number of halogens is 3. The number of hydrogen-bond acceptors (Lipinski definition) is 9. The van der Waals surface area contributed by atoms with E-state index in [0.29, 0.717) is 63.9 Å². The summed E-state index contributed by atoms with van der Waals surface area (Å²) in [6, 6.07) is 36.2. The van der Waals surface area contributed by atoms with Crippen LogP contribution < -0.4 is 15.7 Å². The number of methoxy groups -OCH3 is 2. The van der Waals surface area contributed by atoms with Gasteiger partial charge in [-0.15, -0.1) is 0 Å². The van der Waals surface area contributed by atoms with E-state index in [1.54, 1.807) is 42.6 Å². The number of nitrogens with zero attached hydrogens (tertiary/aromatic N) is 3. The predicted octanol–water partition coefficient (Wildman–Crippen LogP) is 10.5. The van der Waals surface area contributed by atoms with Crippen molar-refractivity contribution in [2.24, 2.45) is 5.41 Å². The molecule has 3 aromatic heterocycles. The number of rotatable bonds is 19. The van der Waals surface area contributed by atoms with Crippen LogP contribution in [0.5, 0.6) is 0 Å². The third-order valence-corrected chi connectivity index (χ3v) is 17.5. The van der Waals surface area contributed by atoms with E-state index in [0.717, 1.165) is 15.9 Å². The molecule has 0 bridgehead atoms. The van der Waals surface area contributed by atoms with E-state index < -0.39 is 55.7 Å². The molecule has 0 radical (unpaired) electrons. The van der Waals surface area contributed by atoms with Crippen molar-refractivity contribution in [3.05, 3.63) is 156 Å². The van der Waals surface area contributed by atoms with Crippen LogP contribution in [0.25, 0.3) is 33.4 Å². The minimum atomic E-state index is -4.59. The van der Waals surface area contributed by atoms with E-state index in [2.05, 4.69) is 43.0 Å². The highest BCUT2D eigenvalue weighted by Crippen LogP contribution is 2.47. The van der Waals surface area contributed by atoms with Gasteiger partial charge in [-0.25, -0.2) is 14.6 Å². The molecule has 11 nitrogen and oxygen atoms in total. The van der Waals surface area contributed by atoms with Gasteiger partial charge in [-0.05, 0) is 82.4 Å². The van der Waals surface area contributed by atoms with Gasteiger partial charge in [-0.3, -0.25) is 4.98 Å². The first-order valence-electron chi connectivity index (χ1n) is 22.9. The molecule has 0 aliphatic rings. The van der Waals surface area contributed by atoms with Gasteiger partial charge in [-0.2, -0.15) is 13.2 Å². The zero-order valence-electron chi connectivity index (χ0n) is 40.0. The third-order valence-electron chi connectivity index (χ3n) is 13.0. The van der Waals surface area contributed by atoms with Crippen molar-refractivity contribution >= 4 is 41.7 Å². The molecule has 4 aromatic carbocycles. The molecular weight excluding hydrogens is 902 g/mol. The fraction of sp³-hybridized carbons (Fsp3) is 0.333. The van der Waals surface area contributed by atoms with E-state index in [1.807, 2.05) is 91.9 Å². The zero-order chi connectivity index (χ0) is 49.6. The molecule has 7 rings (SSSR count). The molecule has 0 spiro atoms. The van der Waals surface area contributed by atoms with Crippen molar-refractivity contribution in [2.45, 2.75) is 96.8 Å². The van der Waals surface area contributed by atoms with E-state index in [9.17, 15) is 27.6 Å². The highest BCUT2D eigenvalue weighted by atomic mass is 28.4. The Balaban J connectivity index is 1.28. The fourth-order valence-electron chi connectivity index (χ4n) is 9.13. The van der Waals surface area contributed by atoms with Crippen LogP contribution in [-0.2, 0) is 45.0 Å². The Morgan fingerprint density at radius 3 is 2.10 bits per heavy atom. The summed E-state index contributed by atoms with van der Waals surface area (Å²) >= 11 is 0. The Hall–Kier alpha value is -6.55. The van der Waals surface area contributed by atoms with Gasteiger partial charge in [0.1, 0.15) is 31.2 Å². The monoisotopic (exact) mass is 960 g/mol. The van der Waals surface area contributed by atoms with Crippen molar-refractivity contribution < 1.29 is 46.2 Å². The number of aromatic nitrogens is 3. The van der Waals surface area contributed by atoms with Crippen molar-refractivity contribution in [2.75, 3.05) is 14.2 Å². The second-order valence-electron chi connectivity index (χ2n) is 18.9. The molecule has 362 valence electrons. The smallest absolute Gasteiger partial charge is 0.408 e. The molecule has 0 fully saturated rings. The van der Waals surface area contributed by atoms with Crippen molar-refractivity contribution in [3.8, 4) is 22.5 Å². The highest BCUT2D eigenvalue weighted by Gasteiger charge is 2.50. The molecular formula is C54H59F3N4O7Si. The van der Waals surface area contributed by atoms with Gasteiger partial charge in [0.25, 0.3) is 8.32 Å². The number of amides is 1. The molecule has 1 amide bonds. The summed E-state index contributed by atoms with van der Waals surface area (Å²) in [6.45, 7) is 8.99. The summed E-state index contributed by atoms with van der Waals surface area (Å²) in [4.78, 5) is 47.9. The van der Waals surface area contributed by atoms with Crippen molar-refractivity contribution in [3.63, 3.8) is 0 Å². The average molecular weight is 961 g/mol. The van der Waals surface area contributed by atoms with E-state index in [4.69, 9.17) is 18.6 Å². The number of ether oxygens (including phenoxy) is 3. The summed E-state index contributed by atoms with van der Waals surface area (Å²) < 4.78 is 67.7. The quantitative estimate of drug-likeness (QED) is 0.0599.